The standard InChI is InChI=1S/C20H23N3O4S/c1-12-6-4-7-13(2)18(12)22-19(26)14(3)27-17(25)10-15-11-28-20(21-15)23-9-5-8-16(23)24/h4,6-7,11,14H,5,8-10H2,1-3H3,(H,22,26)/t14-/m0/s1. The smallest absolute Gasteiger partial charge is 0.312 e. The molecule has 28 heavy (non-hydrogen) atoms. The molecule has 0 saturated carbocycles. The summed E-state index contributed by atoms with van der Waals surface area (Å²) < 4.78 is 5.26. The van der Waals surface area contributed by atoms with E-state index in [1.54, 1.807) is 10.3 Å². The van der Waals surface area contributed by atoms with Crippen LogP contribution in [0.2, 0.25) is 0 Å². The lowest BCUT2D eigenvalue weighted by Crippen LogP contribution is -2.31. The molecule has 2 amide bonds. The van der Waals surface area contributed by atoms with Gasteiger partial charge in [0.2, 0.25) is 5.91 Å². The Balaban J connectivity index is 1.55. The van der Waals surface area contributed by atoms with Gasteiger partial charge in [0.25, 0.3) is 5.91 Å². The van der Waals surface area contributed by atoms with E-state index in [-0.39, 0.29) is 18.2 Å². The molecule has 1 fully saturated rings. The number of amides is 2. The molecule has 1 aliphatic rings. The number of aryl methyl sites for hydroxylation is 2. The van der Waals surface area contributed by atoms with Crippen LogP contribution in [0.5, 0.6) is 0 Å². The van der Waals surface area contributed by atoms with Crippen LogP contribution in [0.25, 0.3) is 0 Å². The van der Waals surface area contributed by atoms with Crippen molar-refractivity contribution in [2.45, 2.75) is 46.1 Å². The van der Waals surface area contributed by atoms with Crippen LogP contribution in [0.3, 0.4) is 0 Å². The van der Waals surface area contributed by atoms with Crippen molar-refractivity contribution in [3.05, 3.63) is 40.4 Å². The second-order valence-electron chi connectivity index (χ2n) is 6.84. The minimum Gasteiger partial charge on any atom is -0.452 e. The number of rotatable bonds is 6. The summed E-state index contributed by atoms with van der Waals surface area (Å²) in [5.41, 5.74) is 3.15. The molecule has 0 aliphatic carbocycles. The summed E-state index contributed by atoms with van der Waals surface area (Å²) in [6.45, 7) is 6.01. The van der Waals surface area contributed by atoms with Crippen LogP contribution < -0.4 is 10.2 Å². The van der Waals surface area contributed by atoms with E-state index in [0.717, 1.165) is 23.2 Å². The summed E-state index contributed by atoms with van der Waals surface area (Å²) in [5, 5.41) is 5.16. The van der Waals surface area contributed by atoms with Gasteiger partial charge in [-0.2, -0.15) is 0 Å². The first kappa shape index (κ1) is 20.0. The van der Waals surface area contributed by atoms with Gasteiger partial charge in [0.1, 0.15) is 0 Å². The Morgan fingerprint density at radius 2 is 2.04 bits per heavy atom. The molecular formula is C20H23N3O4S. The number of hydrogen-bond acceptors (Lipinski definition) is 6. The zero-order valence-corrected chi connectivity index (χ0v) is 17.0. The first-order chi connectivity index (χ1) is 13.3. The average Bonchev–Trinajstić information content (AvgIpc) is 3.26. The van der Waals surface area contributed by atoms with Crippen LogP contribution in [-0.2, 0) is 25.5 Å². The number of ether oxygens (including phenoxy) is 1. The fourth-order valence-corrected chi connectivity index (χ4v) is 3.90. The molecule has 1 atom stereocenters. The van der Waals surface area contributed by atoms with E-state index in [1.165, 1.54) is 18.3 Å². The Kier molecular flexibility index (Phi) is 6.08. The molecule has 0 bridgehead atoms. The van der Waals surface area contributed by atoms with Gasteiger partial charge in [0, 0.05) is 24.0 Å². The highest BCUT2D eigenvalue weighted by Crippen LogP contribution is 2.25. The van der Waals surface area contributed by atoms with Gasteiger partial charge in [0.05, 0.1) is 12.1 Å². The minimum atomic E-state index is -0.926. The second kappa shape index (κ2) is 8.52. The summed E-state index contributed by atoms with van der Waals surface area (Å²) in [4.78, 5) is 42.3. The van der Waals surface area contributed by atoms with E-state index in [0.29, 0.717) is 23.8 Å². The van der Waals surface area contributed by atoms with Crippen LogP contribution in [0, 0.1) is 13.8 Å². The number of anilines is 2. The number of esters is 1. The number of nitrogens with one attached hydrogen (secondary N) is 1. The number of carbonyl (C=O) groups excluding carboxylic acids is 3. The Hall–Kier alpha value is -2.74. The van der Waals surface area contributed by atoms with E-state index < -0.39 is 12.1 Å². The summed E-state index contributed by atoms with van der Waals surface area (Å²) >= 11 is 1.33. The SMILES string of the molecule is Cc1cccc(C)c1NC(=O)[C@H](C)OC(=O)Cc1csc(N2CCCC2=O)n1. The van der Waals surface area contributed by atoms with Crippen LogP contribution in [0.4, 0.5) is 10.8 Å². The van der Waals surface area contributed by atoms with Gasteiger partial charge < -0.3 is 10.1 Å². The van der Waals surface area contributed by atoms with Crippen molar-refractivity contribution in [3.63, 3.8) is 0 Å². The molecule has 0 unspecified atom stereocenters. The van der Waals surface area contributed by atoms with Crippen molar-refractivity contribution < 1.29 is 19.1 Å². The molecule has 3 rings (SSSR count). The molecule has 1 aromatic carbocycles. The third-order valence-electron chi connectivity index (χ3n) is 4.58. The van der Waals surface area contributed by atoms with Crippen LogP contribution in [0.15, 0.2) is 23.6 Å². The highest BCUT2D eigenvalue weighted by atomic mass is 32.1. The van der Waals surface area contributed by atoms with Crippen LogP contribution in [-0.4, -0.2) is 35.4 Å². The first-order valence-corrected chi connectivity index (χ1v) is 10.0. The molecule has 1 saturated heterocycles. The summed E-state index contributed by atoms with van der Waals surface area (Å²) in [6.07, 6.45) is 0.386. The number of thiazole rings is 1. The Bertz CT molecular complexity index is 888. The van der Waals surface area contributed by atoms with E-state index >= 15 is 0 Å². The van der Waals surface area contributed by atoms with Gasteiger partial charge in [-0.3, -0.25) is 19.3 Å². The second-order valence-corrected chi connectivity index (χ2v) is 7.67. The molecular weight excluding hydrogens is 378 g/mol. The van der Waals surface area contributed by atoms with Crippen molar-refractivity contribution >= 4 is 39.9 Å². The van der Waals surface area contributed by atoms with Crippen molar-refractivity contribution in [1.82, 2.24) is 4.98 Å². The molecule has 0 spiro atoms. The zero-order chi connectivity index (χ0) is 20.3. The van der Waals surface area contributed by atoms with Crippen LogP contribution in [0.1, 0.15) is 36.6 Å². The fourth-order valence-electron chi connectivity index (χ4n) is 3.03. The maximum atomic E-state index is 12.4. The Labute approximate surface area is 167 Å². The Morgan fingerprint density at radius 1 is 1.32 bits per heavy atom. The lowest BCUT2D eigenvalue weighted by Gasteiger charge is -2.16. The highest BCUT2D eigenvalue weighted by molar-refractivity contribution is 7.14. The molecule has 2 heterocycles. The zero-order valence-electron chi connectivity index (χ0n) is 16.2. The maximum Gasteiger partial charge on any atom is 0.312 e. The number of hydrogen-bond donors (Lipinski definition) is 1. The third kappa shape index (κ3) is 4.56. The maximum absolute atomic E-state index is 12.4. The van der Waals surface area contributed by atoms with Crippen LogP contribution >= 0.6 is 11.3 Å². The molecule has 8 heteroatoms. The van der Waals surface area contributed by atoms with Crippen molar-refractivity contribution in [2.75, 3.05) is 16.8 Å². The fraction of sp³-hybridized carbons (Fsp3) is 0.400. The minimum absolute atomic E-state index is 0.0421. The summed E-state index contributed by atoms with van der Waals surface area (Å²) in [7, 11) is 0. The van der Waals surface area contributed by atoms with E-state index in [2.05, 4.69) is 10.3 Å². The topological polar surface area (TPSA) is 88.6 Å². The number of aromatic nitrogens is 1. The van der Waals surface area contributed by atoms with Gasteiger partial charge in [-0.15, -0.1) is 11.3 Å². The largest absolute Gasteiger partial charge is 0.452 e. The summed E-state index contributed by atoms with van der Waals surface area (Å²) in [6, 6.07) is 5.73. The van der Waals surface area contributed by atoms with Crippen molar-refractivity contribution in [2.24, 2.45) is 0 Å². The monoisotopic (exact) mass is 401 g/mol. The highest BCUT2D eigenvalue weighted by Gasteiger charge is 2.25. The molecule has 0 radical (unpaired) electrons. The van der Waals surface area contributed by atoms with Gasteiger partial charge in [-0.25, -0.2) is 4.98 Å². The van der Waals surface area contributed by atoms with Gasteiger partial charge in [-0.1, -0.05) is 18.2 Å². The number of benzene rings is 1. The lowest BCUT2D eigenvalue weighted by molar-refractivity contribution is -0.152. The predicted octanol–water partition coefficient (Wildman–Crippen LogP) is 3.00. The predicted molar refractivity (Wildman–Crippen MR) is 108 cm³/mol. The normalized spacial score (nSPS) is 14.8. The molecule has 2 aromatic rings. The molecule has 1 N–H and O–H groups in total. The van der Waals surface area contributed by atoms with E-state index in [1.807, 2.05) is 32.0 Å². The molecule has 148 valence electrons. The van der Waals surface area contributed by atoms with Crippen molar-refractivity contribution in [3.8, 4) is 0 Å². The van der Waals surface area contributed by atoms with E-state index in [9.17, 15) is 14.4 Å². The molecule has 1 aromatic heterocycles. The van der Waals surface area contributed by atoms with Crippen molar-refractivity contribution in [1.29, 1.82) is 0 Å². The third-order valence-corrected chi connectivity index (χ3v) is 5.49. The van der Waals surface area contributed by atoms with Gasteiger partial charge >= 0.3 is 5.97 Å². The number of nitrogens with zero attached hydrogens (tertiary/aromatic N) is 2. The van der Waals surface area contributed by atoms with E-state index in [4.69, 9.17) is 4.74 Å². The Morgan fingerprint density at radius 3 is 2.68 bits per heavy atom. The summed E-state index contributed by atoms with van der Waals surface area (Å²) in [5.74, 6) is -0.860. The molecule has 1 aliphatic heterocycles. The van der Waals surface area contributed by atoms with Gasteiger partial charge in [-0.05, 0) is 38.3 Å². The number of carbonyl (C=O) groups is 3. The molecule has 7 nitrogen and oxygen atoms in total. The first-order valence-electron chi connectivity index (χ1n) is 9.16. The average molecular weight is 401 g/mol. The lowest BCUT2D eigenvalue weighted by atomic mass is 10.1. The quantitative estimate of drug-likeness (QED) is 0.752. The van der Waals surface area contributed by atoms with Gasteiger partial charge in [0.15, 0.2) is 11.2 Å². The number of para-hydroxylation sites is 1.